The Morgan fingerprint density at radius 3 is 2.40 bits per heavy atom. The van der Waals surface area contributed by atoms with Gasteiger partial charge in [0, 0.05) is 0 Å². The summed E-state index contributed by atoms with van der Waals surface area (Å²) in [5.74, 6) is 1.27. The first-order valence-electron chi connectivity index (χ1n) is 7.70. The molecule has 1 aliphatic carbocycles. The van der Waals surface area contributed by atoms with Crippen molar-refractivity contribution in [2.24, 2.45) is 11.3 Å². The Bertz CT molecular complexity index is 435. The summed E-state index contributed by atoms with van der Waals surface area (Å²) in [5, 5.41) is 10.9. The minimum atomic E-state index is -0.491. The van der Waals surface area contributed by atoms with Gasteiger partial charge in [0.2, 0.25) is 0 Å². The van der Waals surface area contributed by atoms with Crippen LogP contribution < -0.4 is 4.74 Å². The molecule has 112 valence electrons. The van der Waals surface area contributed by atoms with Crippen LogP contribution in [0.1, 0.15) is 52.0 Å². The van der Waals surface area contributed by atoms with E-state index in [0.29, 0.717) is 11.3 Å². The number of rotatable bonds is 4. The second kappa shape index (κ2) is 5.77. The molecule has 0 aromatic heterocycles. The average molecular weight is 276 g/mol. The van der Waals surface area contributed by atoms with Gasteiger partial charge in [-0.15, -0.1) is 0 Å². The molecule has 1 fully saturated rings. The predicted octanol–water partition coefficient (Wildman–Crippen LogP) is 4.21. The fourth-order valence-electron chi connectivity index (χ4n) is 3.45. The lowest BCUT2D eigenvalue weighted by molar-refractivity contribution is -0.0763. The molecule has 0 spiro atoms. The lowest BCUT2D eigenvalue weighted by Gasteiger charge is -2.45. The quantitative estimate of drug-likeness (QED) is 0.893. The first-order chi connectivity index (χ1) is 9.35. The molecular formula is C18H28O2. The number of aliphatic hydroxyl groups is 1. The van der Waals surface area contributed by atoms with Crippen LogP contribution >= 0.6 is 0 Å². The third-order valence-electron chi connectivity index (χ3n) is 5.02. The highest BCUT2D eigenvalue weighted by molar-refractivity contribution is 5.27. The number of aryl methyl sites for hydroxylation is 1. The molecule has 0 bridgehead atoms. The summed E-state index contributed by atoms with van der Waals surface area (Å²) < 4.78 is 5.17. The molecule has 2 heteroatoms. The van der Waals surface area contributed by atoms with Crippen molar-refractivity contribution < 1.29 is 9.84 Å². The van der Waals surface area contributed by atoms with Gasteiger partial charge in [0.1, 0.15) is 5.75 Å². The highest BCUT2D eigenvalue weighted by Crippen LogP contribution is 2.45. The van der Waals surface area contributed by atoms with Gasteiger partial charge in [-0.1, -0.05) is 32.9 Å². The molecule has 0 saturated heterocycles. The first-order valence-corrected chi connectivity index (χ1v) is 7.70. The zero-order valence-corrected chi connectivity index (χ0v) is 13.3. The highest BCUT2D eigenvalue weighted by Gasteiger charge is 2.41. The molecule has 0 heterocycles. The van der Waals surface area contributed by atoms with Gasteiger partial charge in [-0.3, -0.25) is 0 Å². The maximum absolute atomic E-state index is 10.9. The average Bonchev–Trinajstić information content (AvgIpc) is 2.42. The van der Waals surface area contributed by atoms with E-state index >= 15 is 0 Å². The topological polar surface area (TPSA) is 29.5 Å². The minimum Gasteiger partial charge on any atom is -0.497 e. The van der Waals surface area contributed by atoms with E-state index in [4.69, 9.17) is 4.74 Å². The molecule has 1 saturated carbocycles. The van der Waals surface area contributed by atoms with Crippen molar-refractivity contribution in [3.05, 3.63) is 29.8 Å². The van der Waals surface area contributed by atoms with Crippen LogP contribution in [0, 0.1) is 11.3 Å². The lowest BCUT2D eigenvalue weighted by Crippen LogP contribution is -2.44. The van der Waals surface area contributed by atoms with Crippen LogP contribution in [0.2, 0.25) is 0 Å². The summed E-state index contributed by atoms with van der Waals surface area (Å²) in [7, 11) is 1.68. The predicted molar refractivity (Wildman–Crippen MR) is 83.1 cm³/mol. The summed E-state index contributed by atoms with van der Waals surface area (Å²) in [6.45, 7) is 6.83. The molecule has 2 nitrogen and oxygen atoms in total. The SMILES string of the molecule is COc1ccc(CCC2(O)CCC(C)(C)CC2C)cc1. The smallest absolute Gasteiger partial charge is 0.118 e. The van der Waals surface area contributed by atoms with Crippen molar-refractivity contribution in [3.8, 4) is 5.75 Å². The van der Waals surface area contributed by atoms with Crippen LogP contribution in [0.15, 0.2) is 24.3 Å². The van der Waals surface area contributed by atoms with Crippen LogP contribution in [-0.4, -0.2) is 17.8 Å². The van der Waals surface area contributed by atoms with Crippen LogP contribution in [0.3, 0.4) is 0 Å². The maximum atomic E-state index is 10.9. The van der Waals surface area contributed by atoms with Crippen LogP contribution in [0.25, 0.3) is 0 Å². The zero-order chi connectivity index (χ0) is 14.8. The summed E-state index contributed by atoms with van der Waals surface area (Å²) in [5.41, 5.74) is 1.16. The summed E-state index contributed by atoms with van der Waals surface area (Å²) in [6, 6.07) is 8.18. The number of benzene rings is 1. The van der Waals surface area contributed by atoms with Crippen LogP contribution in [-0.2, 0) is 6.42 Å². The molecular weight excluding hydrogens is 248 g/mol. The third-order valence-corrected chi connectivity index (χ3v) is 5.02. The zero-order valence-electron chi connectivity index (χ0n) is 13.3. The van der Waals surface area contributed by atoms with Crippen molar-refractivity contribution in [3.63, 3.8) is 0 Å². The van der Waals surface area contributed by atoms with Gasteiger partial charge in [0.25, 0.3) is 0 Å². The van der Waals surface area contributed by atoms with Gasteiger partial charge in [-0.05, 0) is 61.1 Å². The van der Waals surface area contributed by atoms with Crippen molar-refractivity contribution in [2.75, 3.05) is 7.11 Å². The molecule has 1 aromatic carbocycles. The number of ether oxygens (including phenoxy) is 1. The van der Waals surface area contributed by atoms with Crippen LogP contribution in [0.5, 0.6) is 5.75 Å². The molecule has 1 aromatic rings. The summed E-state index contributed by atoms with van der Waals surface area (Å²) in [6.07, 6.45) is 4.96. The van der Waals surface area contributed by atoms with E-state index < -0.39 is 5.60 Å². The number of methoxy groups -OCH3 is 1. The van der Waals surface area contributed by atoms with E-state index in [0.717, 1.165) is 37.9 Å². The molecule has 0 amide bonds. The lowest BCUT2D eigenvalue weighted by atomic mass is 9.64. The fraction of sp³-hybridized carbons (Fsp3) is 0.667. The Morgan fingerprint density at radius 1 is 1.20 bits per heavy atom. The number of hydrogen-bond donors (Lipinski definition) is 1. The molecule has 2 atom stereocenters. The molecule has 1 aliphatic rings. The normalized spacial score (nSPS) is 29.1. The third kappa shape index (κ3) is 3.54. The largest absolute Gasteiger partial charge is 0.497 e. The van der Waals surface area contributed by atoms with E-state index in [1.807, 2.05) is 12.1 Å². The van der Waals surface area contributed by atoms with Crippen molar-refractivity contribution in [1.82, 2.24) is 0 Å². The Labute approximate surface area is 123 Å². The standard InChI is InChI=1S/C18H28O2/c1-14-13-17(2,3)11-12-18(14,19)10-9-15-5-7-16(20-4)8-6-15/h5-8,14,19H,9-13H2,1-4H3. The van der Waals surface area contributed by atoms with Crippen molar-refractivity contribution in [2.45, 2.75) is 58.5 Å². The number of hydrogen-bond acceptors (Lipinski definition) is 2. The van der Waals surface area contributed by atoms with Crippen molar-refractivity contribution in [1.29, 1.82) is 0 Å². The molecule has 0 radical (unpaired) electrons. The molecule has 20 heavy (non-hydrogen) atoms. The monoisotopic (exact) mass is 276 g/mol. The second-order valence-electron chi connectivity index (χ2n) is 7.22. The Balaban J connectivity index is 1.95. The van der Waals surface area contributed by atoms with E-state index in [1.165, 1.54) is 5.56 Å². The minimum absolute atomic E-state index is 0.379. The van der Waals surface area contributed by atoms with Crippen LogP contribution in [0.4, 0.5) is 0 Å². The van der Waals surface area contributed by atoms with Crippen molar-refractivity contribution >= 4 is 0 Å². The van der Waals surface area contributed by atoms with E-state index in [-0.39, 0.29) is 0 Å². The van der Waals surface area contributed by atoms with Gasteiger partial charge in [0.05, 0.1) is 12.7 Å². The molecule has 2 rings (SSSR count). The first kappa shape index (κ1) is 15.4. The van der Waals surface area contributed by atoms with Gasteiger partial charge in [-0.25, -0.2) is 0 Å². The Morgan fingerprint density at radius 2 is 1.85 bits per heavy atom. The van der Waals surface area contributed by atoms with E-state index in [1.54, 1.807) is 7.11 Å². The molecule has 2 unspecified atom stereocenters. The van der Waals surface area contributed by atoms with Gasteiger partial charge in [0.15, 0.2) is 0 Å². The Hall–Kier alpha value is -1.02. The summed E-state index contributed by atoms with van der Waals surface area (Å²) in [4.78, 5) is 0. The maximum Gasteiger partial charge on any atom is 0.118 e. The van der Waals surface area contributed by atoms with E-state index in [2.05, 4.69) is 32.9 Å². The van der Waals surface area contributed by atoms with Gasteiger partial charge >= 0.3 is 0 Å². The van der Waals surface area contributed by atoms with E-state index in [9.17, 15) is 5.11 Å². The molecule has 1 N–H and O–H groups in total. The molecule has 0 aliphatic heterocycles. The highest BCUT2D eigenvalue weighted by atomic mass is 16.5. The second-order valence-corrected chi connectivity index (χ2v) is 7.22. The van der Waals surface area contributed by atoms with Gasteiger partial charge < -0.3 is 9.84 Å². The fourth-order valence-corrected chi connectivity index (χ4v) is 3.45. The van der Waals surface area contributed by atoms with Gasteiger partial charge in [-0.2, -0.15) is 0 Å². The summed E-state index contributed by atoms with van der Waals surface area (Å²) >= 11 is 0. The Kier molecular flexibility index (Phi) is 4.43.